The van der Waals surface area contributed by atoms with Crippen molar-refractivity contribution in [1.82, 2.24) is 13.5 Å². The molecule has 0 unspecified atom stereocenters. The van der Waals surface area contributed by atoms with Gasteiger partial charge in [-0.05, 0) is 32.1 Å². The second-order valence-corrected chi connectivity index (χ2v) is 8.02. The predicted octanol–water partition coefficient (Wildman–Crippen LogP) is 0.517. The van der Waals surface area contributed by atoms with Gasteiger partial charge in [-0.3, -0.25) is 4.79 Å². The first kappa shape index (κ1) is 15.7. The van der Waals surface area contributed by atoms with Crippen molar-refractivity contribution in [3.05, 3.63) is 0 Å². The minimum atomic E-state index is -3.40. The average molecular weight is 303 g/mol. The average Bonchev–Trinajstić information content (AvgIpc) is 2.47. The second kappa shape index (κ2) is 6.41. The fourth-order valence-electron chi connectivity index (χ4n) is 2.96. The first-order valence-electron chi connectivity index (χ1n) is 7.39. The minimum Gasteiger partial charge on any atom is -0.342 e. The Labute approximate surface area is 121 Å². The van der Waals surface area contributed by atoms with E-state index >= 15 is 0 Å². The molecule has 7 heteroatoms. The summed E-state index contributed by atoms with van der Waals surface area (Å²) in [7, 11) is -0.335. The number of hydrogen-bond donors (Lipinski definition) is 0. The summed E-state index contributed by atoms with van der Waals surface area (Å²) in [5, 5.41) is 0. The summed E-state index contributed by atoms with van der Waals surface area (Å²) >= 11 is 0. The maximum atomic E-state index is 12.5. The van der Waals surface area contributed by atoms with E-state index in [0.29, 0.717) is 13.1 Å². The summed E-state index contributed by atoms with van der Waals surface area (Å²) in [6.07, 6.45) is 4.89. The quantitative estimate of drug-likeness (QED) is 0.763. The molecule has 0 bridgehead atoms. The van der Waals surface area contributed by atoms with Crippen molar-refractivity contribution >= 4 is 16.1 Å². The molecule has 2 aliphatic heterocycles. The Morgan fingerprint density at radius 2 is 1.70 bits per heavy atom. The second-order valence-electron chi connectivity index (χ2n) is 5.87. The molecular weight excluding hydrogens is 278 g/mol. The standard InChI is InChI=1S/C13H25N3O3S/c1-14(2)20(18,19)16-10-6-7-12(11-16)13(17)15-8-4-3-5-9-15/h12H,3-11H2,1-2H3/t12-/m1/s1. The molecular formula is C13H25N3O3S. The number of rotatable bonds is 3. The summed E-state index contributed by atoms with van der Waals surface area (Å²) in [4.78, 5) is 14.4. The van der Waals surface area contributed by atoms with Crippen molar-refractivity contribution in [2.24, 2.45) is 5.92 Å². The van der Waals surface area contributed by atoms with Crippen molar-refractivity contribution in [3.63, 3.8) is 0 Å². The van der Waals surface area contributed by atoms with Gasteiger partial charge < -0.3 is 4.90 Å². The molecule has 2 aliphatic rings. The lowest BCUT2D eigenvalue weighted by Crippen LogP contribution is -2.50. The highest BCUT2D eigenvalue weighted by molar-refractivity contribution is 7.86. The highest BCUT2D eigenvalue weighted by Gasteiger charge is 2.35. The summed E-state index contributed by atoms with van der Waals surface area (Å²) in [6.45, 7) is 2.51. The van der Waals surface area contributed by atoms with E-state index in [-0.39, 0.29) is 11.8 Å². The van der Waals surface area contributed by atoms with Crippen LogP contribution in [0.4, 0.5) is 0 Å². The molecule has 0 aliphatic carbocycles. The molecule has 2 rings (SSSR count). The van der Waals surface area contributed by atoms with E-state index in [1.807, 2.05) is 4.90 Å². The van der Waals surface area contributed by atoms with Gasteiger partial charge in [0.2, 0.25) is 5.91 Å². The van der Waals surface area contributed by atoms with Crippen LogP contribution >= 0.6 is 0 Å². The van der Waals surface area contributed by atoms with E-state index in [1.165, 1.54) is 29.1 Å². The molecule has 0 N–H and O–H groups in total. The summed E-state index contributed by atoms with van der Waals surface area (Å²) < 4.78 is 27.0. The highest BCUT2D eigenvalue weighted by atomic mass is 32.2. The number of amides is 1. The lowest BCUT2D eigenvalue weighted by atomic mass is 9.97. The normalized spacial score (nSPS) is 25.9. The van der Waals surface area contributed by atoms with Crippen molar-refractivity contribution in [2.45, 2.75) is 32.1 Å². The SMILES string of the molecule is CN(C)S(=O)(=O)N1CCC[C@@H](C(=O)N2CCCCC2)C1. The Morgan fingerprint density at radius 3 is 2.30 bits per heavy atom. The van der Waals surface area contributed by atoms with Crippen LogP contribution in [0, 0.1) is 5.92 Å². The number of carbonyl (C=O) groups excluding carboxylic acids is 1. The zero-order valence-electron chi connectivity index (χ0n) is 12.4. The monoisotopic (exact) mass is 303 g/mol. The third-order valence-electron chi connectivity index (χ3n) is 4.19. The molecule has 0 spiro atoms. The number of hydrogen-bond acceptors (Lipinski definition) is 3. The van der Waals surface area contributed by atoms with Crippen LogP contribution in [-0.2, 0) is 15.0 Å². The molecule has 0 aromatic carbocycles. The van der Waals surface area contributed by atoms with Crippen LogP contribution in [0.2, 0.25) is 0 Å². The van der Waals surface area contributed by atoms with Gasteiger partial charge in [0.05, 0.1) is 5.92 Å². The van der Waals surface area contributed by atoms with Crippen LogP contribution in [0.15, 0.2) is 0 Å². The van der Waals surface area contributed by atoms with Gasteiger partial charge in [-0.15, -0.1) is 0 Å². The topological polar surface area (TPSA) is 60.9 Å². The largest absolute Gasteiger partial charge is 0.342 e. The van der Waals surface area contributed by atoms with Crippen molar-refractivity contribution in [2.75, 3.05) is 40.3 Å². The first-order valence-corrected chi connectivity index (χ1v) is 8.79. The van der Waals surface area contributed by atoms with Crippen molar-refractivity contribution < 1.29 is 13.2 Å². The maximum absolute atomic E-state index is 12.5. The lowest BCUT2D eigenvalue weighted by Gasteiger charge is -2.36. The van der Waals surface area contributed by atoms with Crippen LogP contribution in [0.5, 0.6) is 0 Å². The first-order chi connectivity index (χ1) is 9.43. The minimum absolute atomic E-state index is 0.142. The maximum Gasteiger partial charge on any atom is 0.281 e. The van der Waals surface area contributed by atoms with Crippen molar-refractivity contribution in [3.8, 4) is 0 Å². The molecule has 0 radical (unpaired) electrons. The van der Waals surface area contributed by atoms with Crippen LogP contribution in [-0.4, -0.2) is 68.1 Å². The molecule has 1 atom stereocenters. The molecule has 6 nitrogen and oxygen atoms in total. The smallest absolute Gasteiger partial charge is 0.281 e. The summed E-state index contributed by atoms with van der Waals surface area (Å²) in [6, 6.07) is 0. The molecule has 20 heavy (non-hydrogen) atoms. The van der Waals surface area contributed by atoms with Crippen LogP contribution < -0.4 is 0 Å². The van der Waals surface area contributed by atoms with E-state index in [1.54, 1.807) is 0 Å². The van der Waals surface area contributed by atoms with Gasteiger partial charge in [0.15, 0.2) is 0 Å². The van der Waals surface area contributed by atoms with Gasteiger partial charge in [0, 0.05) is 40.3 Å². The molecule has 0 aromatic heterocycles. The third-order valence-corrected chi connectivity index (χ3v) is 6.10. The molecule has 2 saturated heterocycles. The fourth-order valence-corrected chi connectivity index (χ4v) is 4.15. The summed E-state index contributed by atoms with van der Waals surface area (Å²) in [5.74, 6) is -0.0278. The van der Waals surface area contributed by atoms with Gasteiger partial charge in [0.25, 0.3) is 10.2 Å². The van der Waals surface area contributed by atoms with E-state index in [0.717, 1.165) is 38.8 Å². The molecule has 0 aromatic rings. The lowest BCUT2D eigenvalue weighted by molar-refractivity contribution is -0.137. The molecule has 2 heterocycles. The Balaban J connectivity index is 2.01. The Morgan fingerprint density at radius 1 is 1.05 bits per heavy atom. The van der Waals surface area contributed by atoms with Crippen LogP contribution in [0.25, 0.3) is 0 Å². The Kier molecular flexibility index (Phi) is 5.04. The van der Waals surface area contributed by atoms with Gasteiger partial charge in [-0.2, -0.15) is 17.0 Å². The van der Waals surface area contributed by atoms with E-state index in [4.69, 9.17) is 0 Å². The number of likely N-dealkylation sites (tertiary alicyclic amines) is 1. The van der Waals surface area contributed by atoms with Crippen molar-refractivity contribution in [1.29, 1.82) is 0 Å². The van der Waals surface area contributed by atoms with Gasteiger partial charge >= 0.3 is 0 Å². The molecule has 2 fully saturated rings. The van der Waals surface area contributed by atoms with Crippen LogP contribution in [0.1, 0.15) is 32.1 Å². The predicted molar refractivity (Wildman–Crippen MR) is 77.3 cm³/mol. The zero-order chi connectivity index (χ0) is 14.8. The van der Waals surface area contributed by atoms with Gasteiger partial charge in [-0.25, -0.2) is 0 Å². The Hall–Kier alpha value is -0.660. The van der Waals surface area contributed by atoms with E-state index in [2.05, 4.69) is 0 Å². The van der Waals surface area contributed by atoms with Crippen LogP contribution in [0.3, 0.4) is 0 Å². The summed E-state index contributed by atoms with van der Waals surface area (Å²) in [5.41, 5.74) is 0. The fraction of sp³-hybridized carbons (Fsp3) is 0.923. The van der Waals surface area contributed by atoms with Gasteiger partial charge in [0.1, 0.15) is 0 Å². The Bertz CT molecular complexity index is 444. The van der Waals surface area contributed by atoms with Gasteiger partial charge in [-0.1, -0.05) is 0 Å². The number of piperidine rings is 2. The number of nitrogens with zero attached hydrogens (tertiary/aromatic N) is 3. The third kappa shape index (κ3) is 3.32. The van der Waals surface area contributed by atoms with E-state index in [9.17, 15) is 13.2 Å². The number of carbonyl (C=O) groups is 1. The zero-order valence-corrected chi connectivity index (χ0v) is 13.2. The van der Waals surface area contributed by atoms with E-state index < -0.39 is 10.2 Å². The highest BCUT2D eigenvalue weighted by Crippen LogP contribution is 2.23. The molecule has 1 amide bonds. The molecule has 116 valence electrons. The molecule has 0 saturated carbocycles.